The molecule has 0 fully saturated rings. The average Bonchev–Trinajstić information content (AvgIpc) is 1.85. The Labute approximate surface area is 56.0 Å². The van der Waals surface area contributed by atoms with Crippen LogP contribution in [0.4, 0.5) is 0 Å². The predicted octanol–water partition coefficient (Wildman–Crippen LogP) is 1.68. The molecule has 0 saturated carbocycles. The maximum Gasteiger partial charge on any atom is 0.0550 e. The number of aliphatic imine (C=N–C) groups is 2. The standard InChI is InChI=1S/C7H12N2/c1-4-8-6-7(3)9-5-2/h5-6H,2,4H2,1,3H3. The summed E-state index contributed by atoms with van der Waals surface area (Å²) in [7, 11) is 0. The lowest BCUT2D eigenvalue weighted by Crippen LogP contribution is -1.90. The molecule has 0 aromatic carbocycles. The fourth-order valence-electron chi connectivity index (χ4n) is 0.401. The van der Waals surface area contributed by atoms with Gasteiger partial charge in [-0.05, 0) is 13.8 Å². The maximum absolute atomic E-state index is 3.99. The van der Waals surface area contributed by atoms with E-state index in [1.54, 1.807) is 6.21 Å². The zero-order valence-electron chi connectivity index (χ0n) is 5.96. The van der Waals surface area contributed by atoms with Crippen LogP contribution in [0.15, 0.2) is 22.8 Å². The zero-order chi connectivity index (χ0) is 7.11. The normalized spacial score (nSPS) is 12.4. The lowest BCUT2D eigenvalue weighted by Gasteiger charge is -1.83. The largest absolute Gasteiger partial charge is 0.292 e. The molecular formula is C7H12N2. The van der Waals surface area contributed by atoms with E-state index >= 15 is 0 Å². The van der Waals surface area contributed by atoms with Gasteiger partial charge in [-0.1, -0.05) is 6.58 Å². The van der Waals surface area contributed by atoms with Crippen LogP contribution in [0.1, 0.15) is 13.8 Å². The molecule has 0 spiro atoms. The molecule has 2 nitrogen and oxygen atoms in total. The van der Waals surface area contributed by atoms with Crippen molar-refractivity contribution in [3.8, 4) is 0 Å². The molecule has 0 aliphatic heterocycles. The van der Waals surface area contributed by atoms with Crippen molar-refractivity contribution >= 4 is 11.9 Å². The highest BCUT2D eigenvalue weighted by Gasteiger charge is 1.76. The molecule has 0 amide bonds. The van der Waals surface area contributed by atoms with Crippen molar-refractivity contribution in [1.82, 2.24) is 0 Å². The van der Waals surface area contributed by atoms with Gasteiger partial charge >= 0.3 is 0 Å². The van der Waals surface area contributed by atoms with Gasteiger partial charge in [-0.25, -0.2) is 0 Å². The molecule has 0 aliphatic carbocycles. The topological polar surface area (TPSA) is 24.7 Å². The highest BCUT2D eigenvalue weighted by molar-refractivity contribution is 6.29. The number of hydrogen-bond acceptors (Lipinski definition) is 2. The van der Waals surface area contributed by atoms with Gasteiger partial charge in [0.2, 0.25) is 0 Å². The monoisotopic (exact) mass is 124 g/mol. The second-order valence-corrected chi connectivity index (χ2v) is 1.58. The Morgan fingerprint density at radius 1 is 1.67 bits per heavy atom. The Bertz CT molecular complexity index is 134. The van der Waals surface area contributed by atoms with Crippen molar-refractivity contribution in [3.05, 3.63) is 12.8 Å². The van der Waals surface area contributed by atoms with Gasteiger partial charge in [-0.2, -0.15) is 0 Å². The van der Waals surface area contributed by atoms with Crippen molar-refractivity contribution in [1.29, 1.82) is 0 Å². The lowest BCUT2D eigenvalue weighted by molar-refractivity contribution is 1.14. The zero-order valence-corrected chi connectivity index (χ0v) is 5.96. The van der Waals surface area contributed by atoms with E-state index < -0.39 is 0 Å². The van der Waals surface area contributed by atoms with Crippen molar-refractivity contribution in [2.24, 2.45) is 9.98 Å². The lowest BCUT2D eigenvalue weighted by atomic mass is 10.5. The Morgan fingerprint density at radius 3 is 2.78 bits per heavy atom. The van der Waals surface area contributed by atoms with E-state index in [4.69, 9.17) is 0 Å². The van der Waals surface area contributed by atoms with Gasteiger partial charge in [0.1, 0.15) is 0 Å². The second kappa shape index (κ2) is 5.22. The van der Waals surface area contributed by atoms with Crippen LogP contribution in [0.5, 0.6) is 0 Å². The van der Waals surface area contributed by atoms with Crippen LogP contribution < -0.4 is 0 Å². The summed E-state index contributed by atoms with van der Waals surface area (Å²) in [6, 6.07) is 0. The number of rotatable bonds is 3. The Kier molecular flexibility index (Phi) is 4.69. The third-order valence-corrected chi connectivity index (χ3v) is 0.756. The summed E-state index contributed by atoms with van der Waals surface area (Å²) < 4.78 is 0. The first kappa shape index (κ1) is 8.08. The quantitative estimate of drug-likeness (QED) is 0.511. The third-order valence-electron chi connectivity index (χ3n) is 0.756. The molecule has 0 radical (unpaired) electrons. The van der Waals surface area contributed by atoms with E-state index in [0.717, 1.165) is 12.3 Å². The smallest absolute Gasteiger partial charge is 0.0550 e. The van der Waals surface area contributed by atoms with Crippen LogP contribution in [0.25, 0.3) is 0 Å². The SMILES string of the molecule is C=CN=C(C)C=NCC. The van der Waals surface area contributed by atoms with Gasteiger partial charge in [0.25, 0.3) is 0 Å². The summed E-state index contributed by atoms with van der Waals surface area (Å²) in [5, 5.41) is 0. The van der Waals surface area contributed by atoms with E-state index in [2.05, 4.69) is 16.6 Å². The first-order chi connectivity index (χ1) is 4.31. The molecule has 9 heavy (non-hydrogen) atoms. The molecule has 0 heterocycles. The predicted molar refractivity (Wildman–Crippen MR) is 42.3 cm³/mol. The van der Waals surface area contributed by atoms with E-state index in [9.17, 15) is 0 Å². The van der Waals surface area contributed by atoms with Crippen LogP contribution in [0.2, 0.25) is 0 Å². The fraction of sp³-hybridized carbons (Fsp3) is 0.429. The van der Waals surface area contributed by atoms with Crippen LogP contribution in [-0.2, 0) is 0 Å². The molecule has 0 aromatic heterocycles. The molecule has 0 rings (SSSR count). The van der Waals surface area contributed by atoms with Crippen LogP contribution in [-0.4, -0.2) is 18.5 Å². The Morgan fingerprint density at radius 2 is 2.33 bits per heavy atom. The minimum atomic E-state index is 0.810. The van der Waals surface area contributed by atoms with Crippen LogP contribution in [0.3, 0.4) is 0 Å². The maximum atomic E-state index is 3.99. The second-order valence-electron chi connectivity index (χ2n) is 1.58. The first-order valence-corrected chi connectivity index (χ1v) is 2.96. The van der Waals surface area contributed by atoms with Gasteiger partial charge in [-0.15, -0.1) is 0 Å². The molecule has 50 valence electrons. The third kappa shape index (κ3) is 4.94. The molecule has 0 saturated heterocycles. The minimum Gasteiger partial charge on any atom is -0.292 e. The summed E-state index contributed by atoms with van der Waals surface area (Å²) in [4.78, 5) is 7.88. The first-order valence-electron chi connectivity index (χ1n) is 2.96. The van der Waals surface area contributed by atoms with Crippen LogP contribution >= 0.6 is 0 Å². The fourth-order valence-corrected chi connectivity index (χ4v) is 0.401. The van der Waals surface area contributed by atoms with Crippen molar-refractivity contribution < 1.29 is 0 Å². The Hall–Kier alpha value is -0.920. The molecule has 0 atom stereocenters. The van der Waals surface area contributed by atoms with Crippen molar-refractivity contribution in [2.75, 3.05) is 6.54 Å². The number of hydrogen-bond donors (Lipinski definition) is 0. The van der Waals surface area contributed by atoms with E-state index in [0.29, 0.717) is 0 Å². The number of nitrogens with zero attached hydrogens (tertiary/aromatic N) is 2. The summed E-state index contributed by atoms with van der Waals surface area (Å²) in [6.45, 7) is 8.14. The van der Waals surface area contributed by atoms with Gasteiger partial charge < -0.3 is 0 Å². The van der Waals surface area contributed by atoms with Gasteiger partial charge in [0.15, 0.2) is 0 Å². The molecule has 0 N–H and O–H groups in total. The summed E-state index contributed by atoms with van der Waals surface area (Å²) >= 11 is 0. The van der Waals surface area contributed by atoms with Crippen molar-refractivity contribution in [2.45, 2.75) is 13.8 Å². The summed E-state index contributed by atoms with van der Waals surface area (Å²) in [5.41, 5.74) is 0.895. The summed E-state index contributed by atoms with van der Waals surface area (Å²) in [5.74, 6) is 0. The van der Waals surface area contributed by atoms with Gasteiger partial charge in [0, 0.05) is 19.0 Å². The Balaban J connectivity index is 3.74. The molecule has 0 bridgehead atoms. The molecule has 0 unspecified atom stereocenters. The average molecular weight is 124 g/mol. The highest BCUT2D eigenvalue weighted by Crippen LogP contribution is 1.74. The van der Waals surface area contributed by atoms with E-state index in [1.165, 1.54) is 6.20 Å². The van der Waals surface area contributed by atoms with Gasteiger partial charge in [-0.3, -0.25) is 9.98 Å². The molecule has 2 heteroatoms. The van der Waals surface area contributed by atoms with E-state index in [1.807, 2.05) is 13.8 Å². The van der Waals surface area contributed by atoms with Crippen LogP contribution in [0, 0.1) is 0 Å². The molecular weight excluding hydrogens is 112 g/mol. The van der Waals surface area contributed by atoms with E-state index in [-0.39, 0.29) is 0 Å². The summed E-state index contributed by atoms with van der Waals surface area (Å²) in [6.07, 6.45) is 3.25. The molecule has 0 aliphatic rings. The molecule has 0 aromatic rings. The highest BCUT2D eigenvalue weighted by atomic mass is 14.7. The van der Waals surface area contributed by atoms with Gasteiger partial charge in [0.05, 0.1) is 5.71 Å². The minimum absolute atomic E-state index is 0.810. The van der Waals surface area contributed by atoms with Crippen molar-refractivity contribution in [3.63, 3.8) is 0 Å².